The molecule has 0 radical (unpaired) electrons. The summed E-state index contributed by atoms with van der Waals surface area (Å²) in [5.41, 5.74) is 8.27. The van der Waals surface area contributed by atoms with Gasteiger partial charge in [0.2, 0.25) is 35.5 Å². The molecule has 42 nitrogen and oxygen atoms in total. The van der Waals surface area contributed by atoms with Crippen molar-refractivity contribution in [1.82, 2.24) is 77.5 Å². The van der Waals surface area contributed by atoms with E-state index in [0.717, 1.165) is 0 Å². The average molecular weight is 1610 g/mol. The second kappa shape index (κ2) is 37.2. The number of carbonyl (C=O) groups is 13. The van der Waals surface area contributed by atoms with E-state index in [-0.39, 0.29) is 120 Å². The zero-order chi connectivity index (χ0) is 82.8. The number of carboxylic acid groups (broad SMARTS) is 5. The zero-order valence-electron chi connectivity index (χ0n) is 60.0. The number of fused-ring (bicyclic) bond motifs is 7. The Hall–Kier alpha value is -14.9. The summed E-state index contributed by atoms with van der Waals surface area (Å²) in [5.74, 6) is -16.3. The monoisotopic (exact) mass is 1600 g/mol. The van der Waals surface area contributed by atoms with Crippen LogP contribution in [0.1, 0.15) is 111 Å². The van der Waals surface area contributed by atoms with Crippen molar-refractivity contribution in [2.24, 2.45) is 0 Å². The van der Waals surface area contributed by atoms with Crippen LogP contribution < -0.4 is 63.6 Å². The van der Waals surface area contributed by atoms with E-state index in [2.05, 4.69) is 72.8 Å². The minimum Gasteiger partial charge on any atom is -0.508 e. The molecule has 8 aromatic rings. The van der Waals surface area contributed by atoms with E-state index in [1.165, 1.54) is 71.5 Å². The van der Waals surface area contributed by atoms with Crippen LogP contribution in [0, 0.1) is 0 Å². The van der Waals surface area contributed by atoms with Gasteiger partial charge in [0.1, 0.15) is 53.2 Å². The van der Waals surface area contributed by atoms with Crippen LogP contribution in [0.3, 0.4) is 0 Å². The molecule has 5 atom stereocenters. The fraction of sp³-hybridized carbons (Fsp3) is 0.278. The number of aromatic hydroxyl groups is 3. The van der Waals surface area contributed by atoms with Crippen LogP contribution in [0.4, 0.5) is 22.1 Å². The average Bonchev–Trinajstić information content (AvgIpc) is 1.58. The molecule has 2 aliphatic heterocycles. The molecule has 5 aromatic carbocycles. The first kappa shape index (κ1) is 82.6. The summed E-state index contributed by atoms with van der Waals surface area (Å²) in [6.07, 6.45) is -2.76. The Labute approximate surface area is 653 Å². The van der Waals surface area contributed by atoms with Crippen LogP contribution in [-0.4, -0.2) is 215 Å². The van der Waals surface area contributed by atoms with E-state index in [1.807, 2.05) is 10.6 Å². The number of esters is 1. The van der Waals surface area contributed by atoms with E-state index >= 15 is 0 Å². The number of phenolic OH excluding ortho intramolecular Hbond substituents is 2. The van der Waals surface area contributed by atoms with Gasteiger partial charge < -0.3 is 114 Å². The quantitative estimate of drug-likeness (QED) is 0.0147. The van der Waals surface area contributed by atoms with Crippen LogP contribution >= 0.6 is 12.2 Å². The zero-order valence-corrected chi connectivity index (χ0v) is 60.8. The van der Waals surface area contributed by atoms with E-state index in [1.54, 1.807) is 48.7 Å². The molecule has 0 aliphatic carbocycles. The van der Waals surface area contributed by atoms with Crippen LogP contribution in [-0.2, 0) is 71.2 Å². The summed E-state index contributed by atoms with van der Waals surface area (Å²) in [4.78, 5) is 182. The number of anilines is 3. The standard InChI is InChI=1S/C72H72N18O24S/c73-69-86-59-58(65(105)87-69)79-39(32-78-59)31-77-36-8-4-35(5-9-36)61(101)82-48(67(108)109)18-19-54(93)81-49(28-55(94)95)62(102)84-51(30-57(98)99)64(104)85-50(29-56(96)97)63(103)83-47(66(106)107)3-1-2-21-74-60(100)34-6-11-40(12-7-34)90-33-38(88-89-90)20-24-112-71(111)76-23-22-75-70(115)80-37-10-15-44-43(25-37)68(110)114-72(44)45-16-13-41(91)26-52(45)113-53-27-42(92)14-17-46(53)72/h4-17,25-27,32-33,47-51,77,91-92H,1-3,18-24,28-31H2,(H,74,100)(H,76,111)(H,81,93)(H,82,101)(H,83,103)(H,84,102)(H,85,104)(H,94,95)(H,96,97)(H,98,99)(H,106,107)(H,108,109)(H2,75,80,115)(H3,73,78,86,87,105)/t47-,48-,49-,50-,51-/m0/s1. The predicted octanol–water partition coefficient (Wildman–Crippen LogP) is 1.15. The van der Waals surface area contributed by atoms with Gasteiger partial charge in [0, 0.05) is 83.8 Å². The largest absolute Gasteiger partial charge is 0.508 e. The molecule has 43 heteroatoms. The van der Waals surface area contributed by atoms with Crippen LogP contribution in [0.25, 0.3) is 16.9 Å². The van der Waals surface area contributed by atoms with Crippen molar-refractivity contribution in [1.29, 1.82) is 0 Å². The number of ether oxygens (including phenoxy) is 3. The SMILES string of the molecule is Nc1nc(O)c2nc(CNc3ccc(C(=O)N[C@@H](CCC(=O)N[C@@H](CC(=O)O)C(=O)N[C@@H](CC(=O)O)C(=O)N[C@@H](CC(=O)O)C(=O)N[C@@H](CCCCNC(=O)c4ccc(-n5cc(CCOC(=O)NCCNC(=S)Nc6ccc7c(c6)C(=O)OC76c7ccc(O)cc7Oc7cc(O)ccc76)nn5)cc4)C(=O)O)C(=O)O)cc3)cnc2n1. The number of aliphatic carboxylic acids is 5. The van der Waals surface area contributed by atoms with Crippen molar-refractivity contribution in [2.75, 3.05) is 42.6 Å². The maximum atomic E-state index is 13.6. The first-order valence-electron chi connectivity index (χ1n) is 34.8. The Morgan fingerprint density at radius 1 is 0.583 bits per heavy atom. The highest BCUT2D eigenvalue weighted by atomic mass is 32.1. The van der Waals surface area contributed by atoms with Gasteiger partial charge in [0.15, 0.2) is 21.9 Å². The molecule has 1 spiro atoms. The molecule has 3 aromatic heterocycles. The first-order chi connectivity index (χ1) is 54.9. The number of aromatic nitrogens is 7. The maximum Gasteiger partial charge on any atom is 0.407 e. The number of hydrogen-bond acceptors (Lipinski definition) is 28. The van der Waals surface area contributed by atoms with Gasteiger partial charge in [-0.1, -0.05) is 11.3 Å². The summed E-state index contributed by atoms with van der Waals surface area (Å²) < 4.78 is 18.8. The van der Waals surface area contributed by atoms with Crippen molar-refractivity contribution < 1.29 is 117 Å². The molecule has 115 heavy (non-hydrogen) atoms. The number of unbranched alkanes of at least 4 members (excludes halogenated alkanes) is 1. The van der Waals surface area contributed by atoms with Crippen molar-refractivity contribution in [3.63, 3.8) is 0 Å². The number of thiocarbonyl (C=S) groups is 1. The number of phenols is 2. The topological polar surface area (TPSA) is 640 Å². The van der Waals surface area contributed by atoms with E-state index in [0.29, 0.717) is 45.1 Å². The van der Waals surface area contributed by atoms with Gasteiger partial charge in [-0.3, -0.25) is 43.2 Å². The molecule has 0 unspecified atom stereocenters. The summed E-state index contributed by atoms with van der Waals surface area (Å²) >= 11 is 5.46. The Morgan fingerprint density at radius 2 is 1.15 bits per heavy atom. The minimum absolute atomic E-state index is 0.00149. The molecule has 600 valence electrons. The number of nitrogen functional groups attached to an aromatic ring is 1. The van der Waals surface area contributed by atoms with Crippen molar-refractivity contribution in [3.8, 4) is 34.6 Å². The number of amides is 7. The van der Waals surface area contributed by atoms with E-state index < -0.39 is 151 Å². The Bertz CT molecular complexity index is 5080. The van der Waals surface area contributed by atoms with Crippen LogP contribution in [0.15, 0.2) is 116 Å². The number of nitrogens with one attached hydrogen (secondary N) is 10. The molecule has 10 rings (SSSR count). The van der Waals surface area contributed by atoms with Crippen molar-refractivity contribution in [3.05, 3.63) is 160 Å². The highest BCUT2D eigenvalue weighted by molar-refractivity contribution is 7.80. The highest BCUT2D eigenvalue weighted by Gasteiger charge is 2.54. The van der Waals surface area contributed by atoms with Crippen molar-refractivity contribution in [2.45, 2.75) is 100 Å². The molecule has 0 fully saturated rings. The second-order valence-electron chi connectivity index (χ2n) is 25.6. The van der Waals surface area contributed by atoms with Gasteiger partial charge >= 0.3 is 41.9 Å². The number of carboxylic acids is 5. The summed E-state index contributed by atoms with van der Waals surface area (Å²) in [7, 11) is 0. The third-order valence-corrected chi connectivity index (χ3v) is 17.7. The van der Waals surface area contributed by atoms with E-state index in [9.17, 15) is 103 Å². The molecular formula is C72H72N18O24S. The lowest BCUT2D eigenvalue weighted by Crippen LogP contribution is -2.58. The predicted molar refractivity (Wildman–Crippen MR) is 398 cm³/mol. The summed E-state index contributed by atoms with van der Waals surface area (Å²) in [6, 6.07) is 15.8. The molecule has 7 amide bonds. The van der Waals surface area contributed by atoms with Gasteiger partial charge in [-0.25, -0.2) is 33.8 Å². The van der Waals surface area contributed by atoms with Gasteiger partial charge in [-0.05, 0) is 123 Å². The lowest BCUT2D eigenvalue weighted by molar-refractivity contribution is -0.145. The minimum atomic E-state index is -2.20. The molecule has 0 saturated heterocycles. The van der Waals surface area contributed by atoms with Crippen LogP contribution in [0.5, 0.6) is 28.9 Å². The first-order valence-corrected chi connectivity index (χ1v) is 35.2. The lowest BCUT2D eigenvalue weighted by Gasteiger charge is -2.36. The Balaban J connectivity index is 0.614. The van der Waals surface area contributed by atoms with E-state index in [4.69, 9.17) is 32.2 Å². The molecule has 2 aliphatic rings. The van der Waals surface area contributed by atoms with Crippen LogP contribution in [0.2, 0.25) is 0 Å². The summed E-state index contributed by atoms with van der Waals surface area (Å²) in [5, 5.41) is 112. The molecule has 20 N–H and O–H groups in total. The number of rotatable bonds is 37. The normalized spacial score (nSPS) is 13.3. The van der Waals surface area contributed by atoms with Gasteiger partial charge in [-0.2, -0.15) is 9.97 Å². The molecule has 0 bridgehead atoms. The molecule has 0 saturated carbocycles. The fourth-order valence-electron chi connectivity index (χ4n) is 11.9. The lowest BCUT2D eigenvalue weighted by atomic mass is 9.77. The number of alkyl carbamates (subject to hydrolysis) is 1. The number of carbonyl (C=O) groups excluding carboxylic acids is 8. The number of benzene rings is 5. The third kappa shape index (κ3) is 21.6. The van der Waals surface area contributed by atoms with Gasteiger partial charge in [0.05, 0.1) is 67.4 Å². The fourth-order valence-corrected chi connectivity index (χ4v) is 12.1. The number of nitrogens with zero attached hydrogens (tertiary/aromatic N) is 7. The maximum absolute atomic E-state index is 13.6. The third-order valence-electron chi connectivity index (χ3n) is 17.5. The Kier molecular flexibility index (Phi) is 26.7. The number of hydrogen-bond donors (Lipinski definition) is 19. The van der Waals surface area contributed by atoms with Gasteiger partial charge in [0.25, 0.3) is 11.8 Å². The summed E-state index contributed by atoms with van der Waals surface area (Å²) in [6.45, 7) is 0.307. The van der Waals surface area contributed by atoms with Gasteiger partial charge in [-0.15, -0.1) is 5.10 Å². The Morgan fingerprint density at radius 3 is 1.77 bits per heavy atom. The second-order valence-corrected chi connectivity index (χ2v) is 26.1. The highest BCUT2D eigenvalue weighted by Crippen LogP contribution is 2.57. The number of nitrogens with two attached hydrogens (primary N) is 1. The smallest absolute Gasteiger partial charge is 0.407 e. The van der Waals surface area contributed by atoms with Crippen molar-refractivity contribution >= 4 is 123 Å². The molecule has 5 heterocycles. The molecular weight excluding hydrogens is 1530 g/mol.